The van der Waals surface area contributed by atoms with Crippen molar-refractivity contribution in [3.8, 4) is 17.3 Å². The first kappa shape index (κ1) is 23.5. The van der Waals surface area contributed by atoms with E-state index in [1.807, 2.05) is 84.9 Å². The molecule has 0 bridgehead atoms. The number of hydrogen-bond acceptors (Lipinski definition) is 4. The molecule has 2 atom stereocenters. The van der Waals surface area contributed by atoms with Gasteiger partial charge in [-0.25, -0.2) is 4.98 Å². The number of para-hydroxylation sites is 1. The Morgan fingerprint density at radius 3 is 2.35 bits per heavy atom. The number of hydrogen-bond donors (Lipinski definition) is 1. The SMILES string of the molecule is C[S+]([O-])CCc1c(-c2ccccc2)nc2ccccc2c1C(=O)N[C@@H](CC#N)c1ccccc1. The van der Waals surface area contributed by atoms with Crippen LogP contribution in [0, 0.1) is 11.3 Å². The minimum atomic E-state index is -1.03. The zero-order valence-electron chi connectivity index (χ0n) is 18.9. The van der Waals surface area contributed by atoms with Gasteiger partial charge in [0.15, 0.2) is 0 Å². The molecule has 1 unspecified atom stereocenters. The first-order chi connectivity index (χ1) is 16.6. The lowest BCUT2D eigenvalue weighted by molar-refractivity contribution is 0.0938. The highest BCUT2D eigenvalue weighted by atomic mass is 32.2. The smallest absolute Gasteiger partial charge is 0.252 e. The number of nitrogens with zero attached hydrogens (tertiary/aromatic N) is 2. The highest BCUT2D eigenvalue weighted by Gasteiger charge is 2.24. The van der Waals surface area contributed by atoms with Crippen molar-refractivity contribution in [1.29, 1.82) is 5.26 Å². The minimum Gasteiger partial charge on any atom is -0.617 e. The van der Waals surface area contributed by atoms with Gasteiger partial charge in [0.25, 0.3) is 5.91 Å². The van der Waals surface area contributed by atoms with Crippen LogP contribution >= 0.6 is 0 Å². The third-order valence-corrected chi connectivity index (χ3v) is 6.49. The summed E-state index contributed by atoms with van der Waals surface area (Å²) in [6, 6.07) is 28.5. The molecule has 0 aliphatic rings. The van der Waals surface area contributed by atoms with Crippen molar-refractivity contribution in [2.24, 2.45) is 0 Å². The molecule has 0 saturated heterocycles. The molecule has 0 spiro atoms. The molecule has 0 aliphatic heterocycles. The average molecular weight is 468 g/mol. The second-order valence-corrected chi connectivity index (χ2v) is 9.58. The number of benzene rings is 3. The van der Waals surface area contributed by atoms with Crippen LogP contribution in [0.4, 0.5) is 0 Å². The van der Waals surface area contributed by atoms with Crippen LogP contribution in [-0.4, -0.2) is 27.5 Å². The van der Waals surface area contributed by atoms with Crippen molar-refractivity contribution in [2.75, 3.05) is 12.0 Å². The maximum Gasteiger partial charge on any atom is 0.252 e. The second kappa shape index (κ2) is 11.0. The quantitative estimate of drug-likeness (QED) is 0.360. The van der Waals surface area contributed by atoms with Crippen molar-refractivity contribution >= 4 is 28.0 Å². The Balaban J connectivity index is 1.88. The van der Waals surface area contributed by atoms with Crippen molar-refractivity contribution in [3.63, 3.8) is 0 Å². The van der Waals surface area contributed by atoms with Crippen LogP contribution in [0.1, 0.15) is 33.9 Å². The van der Waals surface area contributed by atoms with Crippen LogP contribution in [0.2, 0.25) is 0 Å². The van der Waals surface area contributed by atoms with E-state index in [4.69, 9.17) is 4.98 Å². The molecule has 4 aromatic rings. The number of rotatable bonds is 8. The van der Waals surface area contributed by atoms with Crippen LogP contribution in [0.25, 0.3) is 22.2 Å². The second-order valence-electron chi connectivity index (χ2n) is 8.02. The molecule has 1 N–H and O–H groups in total. The molecule has 1 heterocycles. The third-order valence-electron chi connectivity index (χ3n) is 5.71. The van der Waals surface area contributed by atoms with E-state index in [9.17, 15) is 14.6 Å². The van der Waals surface area contributed by atoms with Crippen LogP contribution < -0.4 is 5.32 Å². The van der Waals surface area contributed by atoms with E-state index >= 15 is 0 Å². The summed E-state index contributed by atoms with van der Waals surface area (Å²) in [6.07, 6.45) is 2.26. The molecular formula is C28H25N3O2S. The van der Waals surface area contributed by atoms with E-state index in [0.717, 1.165) is 22.1 Å². The summed E-state index contributed by atoms with van der Waals surface area (Å²) in [5, 5.41) is 13.2. The highest BCUT2D eigenvalue weighted by Crippen LogP contribution is 2.31. The maximum atomic E-state index is 13.8. The van der Waals surface area contributed by atoms with Gasteiger partial charge in [-0.05, 0) is 17.2 Å². The van der Waals surface area contributed by atoms with Crippen LogP contribution in [-0.2, 0) is 17.6 Å². The lowest BCUT2D eigenvalue weighted by atomic mass is 9.94. The number of fused-ring (bicyclic) bond motifs is 1. The van der Waals surface area contributed by atoms with E-state index in [1.54, 1.807) is 6.26 Å². The molecule has 0 fully saturated rings. The van der Waals surface area contributed by atoms with Crippen LogP contribution in [0.15, 0.2) is 84.9 Å². The van der Waals surface area contributed by atoms with Gasteiger partial charge in [0, 0.05) is 17.4 Å². The predicted molar refractivity (Wildman–Crippen MR) is 137 cm³/mol. The molecule has 1 aromatic heterocycles. The normalized spacial score (nSPS) is 12.6. The average Bonchev–Trinajstić information content (AvgIpc) is 2.87. The first-order valence-electron chi connectivity index (χ1n) is 11.1. The maximum absolute atomic E-state index is 13.8. The summed E-state index contributed by atoms with van der Waals surface area (Å²) >= 11 is -1.03. The highest BCUT2D eigenvalue weighted by molar-refractivity contribution is 7.90. The van der Waals surface area contributed by atoms with Crippen molar-refractivity contribution < 1.29 is 9.35 Å². The summed E-state index contributed by atoms with van der Waals surface area (Å²) in [5.41, 5.74) is 4.48. The lowest BCUT2D eigenvalue weighted by Crippen LogP contribution is -2.30. The van der Waals surface area contributed by atoms with E-state index in [1.165, 1.54) is 0 Å². The molecule has 170 valence electrons. The van der Waals surface area contributed by atoms with Gasteiger partial charge >= 0.3 is 0 Å². The van der Waals surface area contributed by atoms with Gasteiger partial charge < -0.3 is 9.87 Å². The summed E-state index contributed by atoms with van der Waals surface area (Å²) in [7, 11) is 0. The van der Waals surface area contributed by atoms with Crippen LogP contribution in [0.3, 0.4) is 0 Å². The molecule has 4 rings (SSSR count). The van der Waals surface area contributed by atoms with Gasteiger partial charge in [0.1, 0.15) is 5.75 Å². The van der Waals surface area contributed by atoms with Gasteiger partial charge in [0.2, 0.25) is 0 Å². The number of aromatic nitrogens is 1. The predicted octanol–water partition coefficient (Wildman–Crippen LogP) is 5.21. The Labute approximate surface area is 202 Å². The Kier molecular flexibility index (Phi) is 7.58. The number of nitriles is 1. The van der Waals surface area contributed by atoms with Gasteiger partial charge in [-0.15, -0.1) is 0 Å². The van der Waals surface area contributed by atoms with Gasteiger partial charge in [-0.1, -0.05) is 90.0 Å². The summed E-state index contributed by atoms with van der Waals surface area (Å²) in [4.78, 5) is 18.8. The van der Waals surface area contributed by atoms with Crippen molar-refractivity contribution in [2.45, 2.75) is 18.9 Å². The first-order valence-corrected chi connectivity index (χ1v) is 12.8. The zero-order valence-corrected chi connectivity index (χ0v) is 19.7. The minimum absolute atomic E-state index is 0.151. The van der Waals surface area contributed by atoms with Crippen molar-refractivity contribution in [1.82, 2.24) is 10.3 Å². The van der Waals surface area contributed by atoms with Crippen molar-refractivity contribution in [3.05, 3.63) is 102 Å². The number of carbonyl (C=O) groups excluding carboxylic acids is 1. The van der Waals surface area contributed by atoms with Gasteiger partial charge in [-0.3, -0.25) is 4.79 Å². The Bertz CT molecular complexity index is 1320. The van der Waals surface area contributed by atoms with E-state index in [-0.39, 0.29) is 12.3 Å². The zero-order chi connectivity index (χ0) is 23.9. The molecule has 0 aliphatic carbocycles. The number of pyridine rings is 1. The molecule has 34 heavy (non-hydrogen) atoms. The summed E-state index contributed by atoms with van der Waals surface area (Å²) in [6.45, 7) is 0. The number of nitrogens with one attached hydrogen (secondary N) is 1. The molecule has 0 radical (unpaired) electrons. The standard InChI is InChI=1S/C28H25N3O2S/c1-34(33)19-17-23-26(28(32)31-24(16-18-29)20-10-4-2-5-11-20)22-14-8-9-15-25(22)30-27(23)21-12-6-3-7-13-21/h2-15,24H,16-17,19H2,1H3,(H,31,32)/t24-,34?/m0/s1. The molecule has 6 heteroatoms. The topological polar surface area (TPSA) is 88.8 Å². The fourth-order valence-corrected chi connectivity index (χ4v) is 4.59. The molecule has 1 amide bonds. The van der Waals surface area contributed by atoms with Crippen LogP contribution in [0.5, 0.6) is 0 Å². The molecule has 5 nitrogen and oxygen atoms in total. The molecular weight excluding hydrogens is 442 g/mol. The third kappa shape index (κ3) is 5.28. The molecule has 0 saturated carbocycles. The fourth-order valence-electron chi connectivity index (χ4n) is 4.09. The van der Waals surface area contributed by atoms with E-state index in [0.29, 0.717) is 28.9 Å². The van der Waals surface area contributed by atoms with Gasteiger partial charge in [-0.2, -0.15) is 5.26 Å². The Morgan fingerprint density at radius 2 is 1.68 bits per heavy atom. The largest absolute Gasteiger partial charge is 0.617 e. The van der Waals surface area contributed by atoms with E-state index in [2.05, 4.69) is 11.4 Å². The summed E-state index contributed by atoms with van der Waals surface area (Å²) < 4.78 is 12.0. The fraction of sp³-hybridized carbons (Fsp3) is 0.179. The summed E-state index contributed by atoms with van der Waals surface area (Å²) in [5.74, 6) is 0.150. The molecule has 3 aromatic carbocycles. The monoisotopic (exact) mass is 467 g/mol. The Morgan fingerprint density at radius 1 is 1.03 bits per heavy atom. The lowest BCUT2D eigenvalue weighted by Gasteiger charge is -2.21. The van der Waals surface area contributed by atoms with E-state index < -0.39 is 17.2 Å². The Hall–Kier alpha value is -3.66. The van der Waals surface area contributed by atoms with Gasteiger partial charge in [0.05, 0.1) is 41.6 Å². The number of amides is 1. The number of carbonyl (C=O) groups is 1.